The van der Waals surface area contributed by atoms with Gasteiger partial charge in [0.2, 0.25) is 0 Å². The van der Waals surface area contributed by atoms with Gasteiger partial charge in [-0.05, 0) is 24.5 Å². The quantitative estimate of drug-likeness (QED) is 0.840. The van der Waals surface area contributed by atoms with Crippen LogP contribution in [-0.4, -0.2) is 37.5 Å². The first-order chi connectivity index (χ1) is 8.84. The van der Waals surface area contributed by atoms with E-state index in [-0.39, 0.29) is 12.2 Å². The summed E-state index contributed by atoms with van der Waals surface area (Å²) in [5, 5.41) is 13.1. The van der Waals surface area contributed by atoms with Crippen molar-refractivity contribution in [2.75, 3.05) is 26.3 Å². The molecule has 0 aromatic heterocycles. The second kappa shape index (κ2) is 5.26. The van der Waals surface area contributed by atoms with E-state index in [4.69, 9.17) is 9.47 Å². The summed E-state index contributed by atoms with van der Waals surface area (Å²) in [6.07, 6.45) is 1.50. The number of morpholine rings is 1. The van der Waals surface area contributed by atoms with Crippen molar-refractivity contribution >= 4 is 0 Å². The standard InChI is InChI=1S/C14H19NO3/c16-13-5-4-12-11(13)2-1-3-14(12)18-9-10-8-15-6-7-17-10/h1-3,10,13,15-16H,4-9H2. The summed E-state index contributed by atoms with van der Waals surface area (Å²) >= 11 is 0. The fraction of sp³-hybridized carbons (Fsp3) is 0.571. The average Bonchev–Trinajstić information content (AvgIpc) is 2.80. The van der Waals surface area contributed by atoms with E-state index in [0.717, 1.165) is 49.4 Å². The van der Waals surface area contributed by atoms with Crippen LogP contribution in [0.4, 0.5) is 0 Å². The molecule has 2 N–H and O–H groups in total. The third-order valence-corrected chi connectivity index (χ3v) is 3.63. The highest BCUT2D eigenvalue weighted by atomic mass is 16.5. The molecule has 1 saturated heterocycles. The second-order valence-electron chi connectivity index (χ2n) is 4.89. The van der Waals surface area contributed by atoms with E-state index < -0.39 is 0 Å². The van der Waals surface area contributed by atoms with Gasteiger partial charge < -0.3 is 19.9 Å². The van der Waals surface area contributed by atoms with Gasteiger partial charge in [0, 0.05) is 18.7 Å². The number of ether oxygens (including phenoxy) is 2. The lowest BCUT2D eigenvalue weighted by Crippen LogP contribution is -2.41. The van der Waals surface area contributed by atoms with Crippen molar-refractivity contribution in [3.8, 4) is 5.75 Å². The lowest BCUT2D eigenvalue weighted by molar-refractivity contribution is 0.0000253. The monoisotopic (exact) mass is 249 g/mol. The summed E-state index contributed by atoms with van der Waals surface area (Å²) in [6.45, 7) is 3.08. The molecule has 1 fully saturated rings. The van der Waals surface area contributed by atoms with E-state index in [2.05, 4.69) is 5.32 Å². The van der Waals surface area contributed by atoms with E-state index in [0.29, 0.717) is 6.61 Å². The van der Waals surface area contributed by atoms with Crippen LogP contribution >= 0.6 is 0 Å². The summed E-state index contributed by atoms with van der Waals surface area (Å²) in [5.41, 5.74) is 2.18. The van der Waals surface area contributed by atoms with Crippen LogP contribution in [0.1, 0.15) is 23.7 Å². The largest absolute Gasteiger partial charge is 0.491 e. The number of hydrogen-bond donors (Lipinski definition) is 2. The van der Waals surface area contributed by atoms with Gasteiger partial charge in [0.05, 0.1) is 12.7 Å². The topological polar surface area (TPSA) is 50.7 Å². The van der Waals surface area contributed by atoms with Crippen LogP contribution < -0.4 is 10.1 Å². The van der Waals surface area contributed by atoms with E-state index in [1.807, 2.05) is 18.2 Å². The van der Waals surface area contributed by atoms with Crippen LogP contribution in [-0.2, 0) is 11.2 Å². The van der Waals surface area contributed by atoms with Crippen molar-refractivity contribution in [1.29, 1.82) is 0 Å². The number of fused-ring (bicyclic) bond motifs is 1. The van der Waals surface area contributed by atoms with Gasteiger partial charge in [-0.25, -0.2) is 0 Å². The zero-order valence-corrected chi connectivity index (χ0v) is 10.4. The van der Waals surface area contributed by atoms with E-state index in [1.165, 1.54) is 0 Å². The Hall–Kier alpha value is -1.10. The molecule has 4 nitrogen and oxygen atoms in total. The summed E-state index contributed by atoms with van der Waals surface area (Å²) in [6, 6.07) is 5.91. The minimum Gasteiger partial charge on any atom is -0.491 e. The molecule has 0 radical (unpaired) electrons. The predicted octanol–water partition coefficient (Wildman–Crippen LogP) is 1.03. The van der Waals surface area contributed by atoms with Gasteiger partial charge in [0.15, 0.2) is 0 Å². The minimum atomic E-state index is -0.323. The summed E-state index contributed by atoms with van der Waals surface area (Å²) in [7, 11) is 0. The zero-order valence-electron chi connectivity index (χ0n) is 10.4. The smallest absolute Gasteiger partial charge is 0.122 e. The number of benzene rings is 1. The lowest BCUT2D eigenvalue weighted by Gasteiger charge is -2.24. The average molecular weight is 249 g/mol. The maximum absolute atomic E-state index is 9.83. The van der Waals surface area contributed by atoms with Gasteiger partial charge >= 0.3 is 0 Å². The number of aliphatic hydroxyl groups is 1. The zero-order chi connectivity index (χ0) is 12.4. The first-order valence-corrected chi connectivity index (χ1v) is 6.59. The molecule has 0 spiro atoms. The van der Waals surface area contributed by atoms with Crippen LogP contribution in [0.2, 0.25) is 0 Å². The van der Waals surface area contributed by atoms with E-state index >= 15 is 0 Å². The number of hydrogen-bond acceptors (Lipinski definition) is 4. The Balaban J connectivity index is 1.66. The molecule has 0 bridgehead atoms. The van der Waals surface area contributed by atoms with Crippen LogP contribution in [0.3, 0.4) is 0 Å². The molecule has 2 aliphatic rings. The highest BCUT2D eigenvalue weighted by Crippen LogP contribution is 2.36. The Labute approximate surface area is 107 Å². The van der Waals surface area contributed by atoms with Crippen molar-refractivity contribution in [2.45, 2.75) is 25.0 Å². The third kappa shape index (κ3) is 2.36. The normalized spacial score (nSPS) is 26.9. The molecular weight excluding hydrogens is 230 g/mol. The van der Waals surface area contributed by atoms with Crippen molar-refractivity contribution in [2.24, 2.45) is 0 Å². The third-order valence-electron chi connectivity index (χ3n) is 3.63. The fourth-order valence-corrected chi connectivity index (χ4v) is 2.64. The molecular formula is C14H19NO3. The molecule has 98 valence electrons. The van der Waals surface area contributed by atoms with Gasteiger partial charge in [0.25, 0.3) is 0 Å². The maximum atomic E-state index is 9.83. The van der Waals surface area contributed by atoms with Crippen molar-refractivity contribution in [3.63, 3.8) is 0 Å². The van der Waals surface area contributed by atoms with Crippen molar-refractivity contribution in [3.05, 3.63) is 29.3 Å². The molecule has 1 heterocycles. The molecule has 2 unspecified atom stereocenters. The van der Waals surface area contributed by atoms with E-state index in [9.17, 15) is 5.11 Å². The highest BCUT2D eigenvalue weighted by Gasteiger charge is 2.23. The Morgan fingerprint density at radius 2 is 2.39 bits per heavy atom. The van der Waals surface area contributed by atoms with Crippen molar-refractivity contribution < 1.29 is 14.6 Å². The molecule has 1 aromatic carbocycles. The van der Waals surface area contributed by atoms with Gasteiger partial charge in [0.1, 0.15) is 18.5 Å². The number of aliphatic hydroxyl groups excluding tert-OH is 1. The molecule has 4 heteroatoms. The molecule has 0 amide bonds. The summed E-state index contributed by atoms with van der Waals surface area (Å²) in [5.74, 6) is 0.901. The first kappa shape index (κ1) is 12.0. The number of nitrogens with one attached hydrogen (secondary N) is 1. The summed E-state index contributed by atoms with van der Waals surface area (Å²) < 4.78 is 11.5. The molecule has 1 aliphatic carbocycles. The van der Waals surface area contributed by atoms with Crippen LogP contribution in [0.25, 0.3) is 0 Å². The van der Waals surface area contributed by atoms with Gasteiger partial charge in [-0.1, -0.05) is 12.1 Å². The number of rotatable bonds is 3. The van der Waals surface area contributed by atoms with Crippen LogP contribution in [0.15, 0.2) is 18.2 Å². The Morgan fingerprint density at radius 3 is 3.22 bits per heavy atom. The maximum Gasteiger partial charge on any atom is 0.122 e. The van der Waals surface area contributed by atoms with Gasteiger partial charge in [-0.15, -0.1) is 0 Å². The summed E-state index contributed by atoms with van der Waals surface area (Å²) in [4.78, 5) is 0. The SMILES string of the molecule is OC1CCc2c(OCC3CNCCO3)cccc21. The molecule has 1 aliphatic heterocycles. The Morgan fingerprint density at radius 1 is 1.44 bits per heavy atom. The highest BCUT2D eigenvalue weighted by molar-refractivity contribution is 5.44. The predicted molar refractivity (Wildman–Crippen MR) is 67.8 cm³/mol. The van der Waals surface area contributed by atoms with Gasteiger partial charge in [-0.3, -0.25) is 0 Å². The van der Waals surface area contributed by atoms with E-state index in [1.54, 1.807) is 0 Å². The molecule has 0 saturated carbocycles. The lowest BCUT2D eigenvalue weighted by atomic mass is 10.1. The Bertz CT molecular complexity index is 416. The molecule has 18 heavy (non-hydrogen) atoms. The first-order valence-electron chi connectivity index (χ1n) is 6.59. The second-order valence-corrected chi connectivity index (χ2v) is 4.89. The Kier molecular flexibility index (Phi) is 3.50. The minimum absolute atomic E-state index is 0.126. The van der Waals surface area contributed by atoms with Crippen LogP contribution in [0.5, 0.6) is 5.75 Å². The van der Waals surface area contributed by atoms with Crippen molar-refractivity contribution in [1.82, 2.24) is 5.32 Å². The fourth-order valence-electron chi connectivity index (χ4n) is 2.64. The molecule has 3 rings (SSSR count). The van der Waals surface area contributed by atoms with Crippen LogP contribution in [0, 0.1) is 0 Å². The molecule has 2 atom stereocenters. The molecule has 1 aromatic rings. The van der Waals surface area contributed by atoms with Gasteiger partial charge in [-0.2, -0.15) is 0 Å².